The van der Waals surface area contributed by atoms with E-state index in [0.29, 0.717) is 18.9 Å². The lowest BCUT2D eigenvalue weighted by Crippen LogP contribution is -2.26. The second kappa shape index (κ2) is 8.61. The molecule has 8 heteroatoms. The van der Waals surface area contributed by atoms with E-state index < -0.39 is 0 Å². The van der Waals surface area contributed by atoms with Crippen LogP contribution in [0.4, 0.5) is 5.82 Å². The second-order valence-electron chi connectivity index (χ2n) is 9.16. The van der Waals surface area contributed by atoms with Gasteiger partial charge in [0.1, 0.15) is 0 Å². The van der Waals surface area contributed by atoms with Crippen molar-refractivity contribution in [2.24, 2.45) is 7.05 Å². The summed E-state index contributed by atoms with van der Waals surface area (Å²) in [6, 6.07) is 8.58. The number of fused-ring (bicyclic) bond motifs is 1. The second-order valence-corrected chi connectivity index (χ2v) is 9.16. The van der Waals surface area contributed by atoms with Gasteiger partial charge in [-0.2, -0.15) is 5.10 Å². The van der Waals surface area contributed by atoms with E-state index in [9.17, 15) is 9.90 Å². The molecule has 2 aromatic heterocycles. The van der Waals surface area contributed by atoms with Gasteiger partial charge >= 0.3 is 0 Å². The molecule has 0 radical (unpaired) electrons. The first kappa shape index (κ1) is 21.6. The van der Waals surface area contributed by atoms with Crippen LogP contribution in [0.1, 0.15) is 30.0 Å². The first-order valence-electron chi connectivity index (χ1n) is 11.5. The number of aryl methyl sites for hydroxylation is 1. The van der Waals surface area contributed by atoms with Crippen LogP contribution in [0.3, 0.4) is 0 Å². The number of β-amino-alcohol motifs (C(OH)–C–C–N with tert-alkyl or cyclic N) is 1. The average Bonchev–Trinajstić information content (AvgIpc) is 3.53. The van der Waals surface area contributed by atoms with Crippen LogP contribution < -0.4 is 5.73 Å². The number of anilines is 1. The molecule has 2 aliphatic rings. The van der Waals surface area contributed by atoms with Crippen LogP contribution in [0, 0.1) is 0 Å². The predicted octanol–water partition coefficient (Wildman–Crippen LogP) is 2.29. The molecule has 0 bridgehead atoms. The number of hydrogen-bond acceptors (Lipinski definition) is 6. The highest BCUT2D eigenvalue weighted by atomic mass is 16.3. The summed E-state index contributed by atoms with van der Waals surface area (Å²) >= 11 is 0. The molecule has 3 N–H and O–H groups in total. The summed E-state index contributed by atoms with van der Waals surface area (Å²) in [5.41, 5.74) is 11.8. The zero-order valence-electron chi connectivity index (χ0n) is 18.9. The maximum atomic E-state index is 12.2. The first-order valence-corrected chi connectivity index (χ1v) is 11.5. The average molecular weight is 447 g/mol. The van der Waals surface area contributed by atoms with Gasteiger partial charge in [0, 0.05) is 56.9 Å². The zero-order chi connectivity index (χ0) is 23.1. The van der Waals surface area contributed by atoms with E-state index >= 15 is 0 Å². The lowest BCUT2D eigenvalue weighted by Gasteiger charge is -2.18. The first-order chi connectivity index (χ1) is 16.0. The fraction of sp³-hybridized carbons (Fsp3) is 0.400. The number of carbonyl (C=O) groups excluding carboxylic acids is 1. The number of aliphatic hydroxyl groups is 1. The molecule has 0 aliphatic carbocycles. The van der Waals surface area contributed by atoms with Gasteiger partial charge < -0.3 is 20.3 Å². The third kappa shape index (κ3) is 3.89. The molecule has 2 fully saturated rings. The predicted molar refractivity (Wildman–Crippen MR) is 128 cm³/mol. The topological polar surface area (TPSA) is 101 Å². The van der Waals surface area contributed by atoms with Gasteiger partial charge in [0.2, 0.25) is 5.91 Å². The number of hydrogen-bond donors (Lipinski definition) is 2. The lowest BCUT2D eigenvalue weighted by atomic mass is 9.94. The molecule has 1 aromatic carbocycles. The third-order valence-electron chi connectivity index (χ3n) is 7.04. The number of likely N-dealkylation sites (tertiary alicyclic amines) is 2. The minimum absolute atomic E-state index is 0.0305. The van der Waals surface area contributed by atoms with E-state index in [0.717, 1.165) is 60.2 Å². The maximum absolute atomic E-state index is 12.2. The quantitative estimate of drug-likeness (QED) is 0.584. The number of rotatable bonds is 5. The number of benzene rings is 1. The molecular formula is C25H30N6O2. The fourth-order valence-corrected chi connectivity index (χ4v) is 5.40. The molecule has 5 rings (SSSR count). The Morgan fingerprint density at radius 2 is 2.03 bits per heavy atom. The minimum Gasteiger partial charge on any atom is -0.392 e. The lowest BCUT2D eigenvalue weighted by molar-refractivity contribution is -0.125. The maximum Gasteiger partial charge on any atom is 0.245 e. The van der Waals surface area contributed by atoms with Crippen LogP contribution in [0.15, 0.2) is 43.1 Å². The Bertz CT molecular complexity index is 1200. The Kier molecular flexibility index (Phi) is 5.64. The van der Waals surface area contributed by atoms with E-state index in [-0.39, 0.29) is 17.9 Å². The van der Waals surface area contributed by atoms with Crippen molar-refractivity contribution in [2.45, 2.75) is 31.4 Å². The largest absolute Gasteiger partial charge is 0.392 e. The van der Waals surface area contributed by atoms with E-state index in [1.165, 1.54) is 11.6 Å². The molecule has 33 heavy (non-hydrogen) atoms. The summed E-state index contributed by atoms with van der Waals surface area (Å²) in [6.45, 7) is 7.48. The van der Waals surface area contributed by atoms with Crippen molar-refractivity contribution in [1.29, 1.82) is 0 Å². The van der Waals surface area contributed by atoms with Crippen molar-refractivity contribution in [3.63, 3.8) is 0 Å². The summed E-state index contributed by atoms with van der Waals surface area (Å²) in [5, 5.41) is 18.9. The van der Waals surface area contributed by atoms with Gasteiger partial charge in [0.15, 0.2) is 5.82 Å². The SMILES string of the molecule is C=CC(=O)N1CCC(c2c(-c3ccc(CN4CC[C@@H](O)C4)cc3)c3c(N)nncc3n2C)C1. The van der Waals surface area contributed by atoms with E-state index in [1.54, 1.807) is 6.20 Å². The Hall–Kier alpha value is -3.23. The Morgan fingerprint density at radius 1 is 1.24 bits per heavy atom. The highest BCUT2D eigenvalue weighted by Crippen LogP contribution is 2.42. The van der Waals surface area contributed by atoms with Crippen molar-refractivity contribution in [1.82, 2.24) is 24.6 Å². The fourth-order valence-electron chi connectivity index (χ4n) is 5.40. The normalized spacial score (nSPS) is 21.2. The molecule has 0 saturated carbocycles. The van der Waals surface area contributed by atoms with Gasteiger partial charge in [-0.15, -0.1) is 5.10 Å². The molecule has 2 saturated heterocycles. The van der Waals surface area contributed by atoms with Gasteiger partial charge in [0.25, 0.3) is 0 Å². The molecular weight excluding hydrogens is 416 g/mol. The molecule has 172 valence electrons. The summed E-state index contributed by atoms with van der Waals surface area (Å²) in [6.07, 6.45) is 4.64. The highest BCUT2D eigenvalue weighted by Gasteiger charge is 2.32. The zero-order valence-corrected chi connectivity index (χ0v) is 18.9. The van der Waals surface area contributed by atoms with Crippen molar-refractivity contribution in [2.75, 3.05) is 31.9 Å². The van der Waals surface area contributed by atoms with Crippen LogP contribution in [-0.2, 0) is 18.4 Å². The van der Waals surface area contributed by atoms with Crippen molar-refractivity contribution in [3.05, 3.63) is 54.4 Å². The molecule has 0 spiro atoms. The number of aromatic nitrogens is 3. The molecule has 3 aromatic rings. The highest BCUT2D eigenvalue weighted by molar-refractivity contribution is 6.04. The van der Waals surface area contributed by atoms with Crippen LogP contribution in [0.5, 0.6) is 0 Å². The minimum atomic E-state index is -0.217. The molecule has 1 amide bonds. The number of nitrogens with zero attached hydrogens (tertiary/aromatic N) is 5. The summed E-state index contributed by atoms with van der Waals surface area (Å²) in [4.78, 5) is 16.3. The van der Waals surface area contributed by atoms with E-state index in [1.807, 2.05) is 11.9 Å². The number of amides is 1. The Morgan fingerprint density at radius 3 is 2.73 bits per heavy atom. The number of carbonyl (C=O) groups is 1. The summed E-state index contributed by atoms with van der Waals surface area (Å²) in [5.74, 6) is 0.569. The summed E-state index contributed by atoms with van der Waals surface area (Å²) in [7, 11) is 2.04. The number of nitrogens with two attached hydrogens (primary N) is 1. The third-order valence-corrected chi connectivity index (χ3v) is 7.04. The summed E-state index contributed by atoms with van der Waals surface area (Å²) < 4.78 is 2.15. The van der Waals surface area contributed by atoms with Gasteiger partial charge in [-0.25, -0.2) is 0 Å². The van der Waals surface area contributed by atoms with Gasteiger partial charge in [-0.3, -0.25) is 9.69 Å². The number of aliphatic hydroxyl groups excluding tert-OH is 1. The number of nitrogen functional groups attached to an aromatic ring is 1. The molecule has 8 nitrogen and oxygen atoms in total. The van der Waals surface area contributed by atoms with Crippen molar-refractivity contribution >= 4 is 22.6 Å². The molecule has 2 atom stereocenters. The standard InChI is InChI=1S/C25H30N6O2/c1-3-21(33)31-11-8-18(14-31)24-22(23-20(29(24)2)12-27-28-25(23)26)17-6-4-16(5-7-17)13-30-10-9-19(32)15-30/h3-7,12,18-19,32H,1,8-11,13-15H2,2H3,(H2,26,28)/t18?,19-/m1/s1. The molecule has 2 aliphatic heterocycles. The Labute approximate surface area is 193 Å². The van der Waals surface area contributed by atoms with Crippen LogP contribution in [0.2, 0.25) is 0 Å². The van der Waals surface area contributed by atoms with Crippen LogP contribution in [0.25, 0.3) is 22.0 Å². The van der Waals surface area contributed by atoms with Gasteiger partial charge in [-0.1, -0.05) is 30.8 Å². The van der Waals surface area contributed by atoms with Crippen molar-refractivity contribution < 1.29 is 9.90 Å². The van der Waals surface area contributed by atoms with Crippen LogP contribution in [-0.4, -0.2) is 67.9 Å². The van der Waals surface area contributed by atoms with E-state index in [2.05, 4.69) is 50.5 Å². The van der Waals surface area contributed by atoms with Crippen LogP contribution >= 0.6 is 0 Å². The van der Waals surface area contributed by atoms with E-state index in [4.69, 9.17) is 5.73 Å². The van der Waals surface area contributed by atoms with Gasteiger partial charge in [-0.05, 0) is 30.0 Å². The molecule has 1 unspecified atom stereocenters. The smallest absolute Gasteiger partial charge is 0.245 e. The monoisotopic (exact) mass is 446 g/mol. The van der Waals surface area contributed by atoms with Gasteiger partial charge in [0.05, 0.1) is 23.2 Å². The molecule has 4 heterocycles. The van der Waals surface area contributed by atoms with Crippen molar-refractivity contribution in [3.8, 4) is 11.1 Å². The Balaban J connectivity index is 1.54.